The maximum absolute atomic E-state index is 13.2. The largest absolute Gasteiger partial charge is 0.481 e. The van der Waals surface area contributed by atoms with E-state index >= 15 is 0 Å². The van der Waals surface area contributed by atoms with Crippen LogP contribution < -0.4 is 0 Å². The van der Waals surface area contributed by atoms with Gasteiger partial charge in [-0.1, -0.05) is 24.3 Å². The molecule has 4 atom stereocenters. The fourth-order valence-electron chi connectivity index (χ4n) is 5.61. The molecular formula is C20H23NO4. The summed E-state index contributed by atoms with van der Waals surface area (Å²) in [6.07, 6.45) is 3.53. The molecule has 5 rings (SSSR count). The Labute approximate surface area is 147 Å². The van der Waals surface area contributed by atoms with Crippen molar-refractivity contribution in [2.24, 2.45) is 17.3 Å². The number of likely N-dealkylation sites (tertiary alicyclic amines) is 1. The number of hydrogen-bond acceptors (Lipinski definition) is 3. The molecule has 0 radical (unpaired) electrons. The van der Waals surface area contributed by atoms with Crippen LogP contribution in [-0.2, 0) is 26.2 Å². The number of amides is 1. The van der Waals surface area contributed by atoms with Gasteiger partial charge in [-0.15, -0.1) is 0 Å². The molecule has 1 aromatic carbocycles. The molecule has 1 spiro atoms. The van der Waals surface area contributed by atoms with Gasteiger partial charge in [0.15, 0.2) is 0 Å². The smallest absolute Gasteiger partial charge is 0.311 e. The highest BCUT2D eigenvalue weighted by molar-refractivity contribution is 5.87. The molecule has 132 valence electrons. The average molecular weight is 341 g/mol. The Morgan fingerprint density at radius 1 is 1.24 bits per heavy atom. The quantitative estimate of drug-likeness (QED) is 0.891. The van der Waals surface area contributed by atoms with Crippen molar-refractivity contribution in [3.63, 3.8) is 0 Å². The lowest BCUT2D eigenvalue weighted by molar-refractivity contribution is -0.157. The molecule has 4 aliphatic rings. The summed E-state index contributed by atoms with van der Waals surface area (Å²) in [5, 5.41) is 9.79. The summed E-state index contributed by atoms with van der Waals surface area (Å²) in [6, 6.07) is 8.48. The molecule has 1 aromatic rings. The van der Waals surface area contributed by atoms with Gasteiger partial charge in [-0.05, 0) is 36.8 Å². The van der Waals surface area contributed by atoms with E-state index < -0.39 is 11.4 Å². The van der Waals surface area contributed by atoms with Crippen molar-refractivity contribution in [1.29, 1.82) is 0 Å². The highest BCUT2D eigenvalue weighted by Gasteiger charge is 2.64. The predicted molar refractivity (Wildman–Crippen MR) is 90.1 cm³/mol. The Hall–Kier alpha value is -1.88. The van der Waals surface area contributed by atoms with Crippen LogP contribution in [0.5, 0.6) is 0 Å². The van der Waals surface area contributed by atoms with Gasteiger partial charge in [0.25, 0.3) is 0 Å². The lowest BCUT2D eigenvalue weighted by Crippen LogP contribution is -2.45. The molecule has 0 unspecified atom stereocenters. The van der Waals surface area contributed by atoms with Crippen LogP contribution in [0.1, 0.15) is 30.4 Å². The van der Waals surface area contributed by atoms with Gasteiger partial charge < -0.3 is 14.7 Å². The Bertz CT molecular complexity index is 762. The topological polar surface area (TPSA) is 66.8 Å². The molecule has 1 saturated carbocycles. The van der Waals surface area contributed by atoms with Crippen LogP contribution in [0.25, 0.3) is 0 Å². The third-order valence-electron chi connectivity index (χ3n) is 7.21. The first kappa shape index (κ1) is 15.4. The third-order valence-corrected chi connectivity index (χ3v) is 7.21. The fourth-order valence-corrected chi connectivity index (χ4v) is 5.61. The van der Waals surface area contributed by atoms with Crippen molar-refractivity contribution in [1.82, 2.24) is 4.90 Å². The van der Waals surface area contributed by atoms with Crippen molar-refractivity contribution < 1.29 is 19.4 Å². The zero-order valence-electron chi connectivity index (χ0n) is 14.2. The first-order valence-corrected chi connectivity index (χ1v) is 9.25. The number of rotatable bonds is 2. The third kappa shape index (κ3) is 1.99. The van der Waals surface area contributed by atoms with Crippen LogP contribution in [0.4, 0.5) is 0 Å². The summed E-state index contributed by atoms with van der Waals surface area (Å²) in [6.45, 7) is 1.81. The van der Waals surface area contributed by atoms with Gasteiger partial charge in [-0.2, -0.15) is 0 Å². The number of carbonyl (C=O) groups is 2. The van der Waals surface area contributed by atoms with Gasteiger partial charge in [-0.3, -0.25) is 9.59 Å². The van der Waals surface area contributed by atoms with Gasteiger partial charge >= 0.3 is 5.97 Å². The second kappa shape index (κ2) is 5.07. The summed E-state index contributed by atoms with van der Waals surface area (Å²) >= 11 is 0. The van der Waals surface area contributed by atoms with E-state index in [0.717, 1.165) is 19.3 Å². The maximum atomic E-state index is 13.2. The minimum atomic E-state index is -0.802. The van der Waals surface area contributed by atoms with Crippen molar-refractivity contribution in [3.8, 4) is 0 Å². The molecule has 0 aromatic heterocycles. The van der Waals surface area contributed by atoms with Crippen molar-refractivity contribution in [3.05, 3.63) is 35.4 Å². The molecule has 2 saturated heterocycles. The van der Waals surface area contributed by atoms with Crippen molar-refractivity contribution in [2.75, 3.05) is 26.3 Å². The van der Waals surface area contributed by atoms with E-state index in [9.17, 15) is 14.7 Å². The molecule has 1 N–H and O–H groups in total. The van der Waals surface area contributed by atoms with Gasteiger partial charge in [0.05, 0.1) is 12.0 Å². The zero-order valence-corrected chi connectivity index (χ0v) is 14.2. The zero-order chi connectivity index (χ0) is 17.2. The number of carboxylic acid groups (broad SMARTS) is 1. The van der Waals surface area contributed by atoms with Crippen LogP contribution in [0.15, 0.2) is 24.3 Å². The fraction of sp³-hybridized carbons (Fsp3) is 0.600. The van der Waals surface area contributed by atoms with Gasteiger partial charge in [0, 0.05) is 36.9 Å². The first-order valence-electron chi connectivity index (χ1n) is 9.25. The molecule has 2 aliphatic carbocycles. The Morgan fingerprint density at radius 2 is 2.08 bits per heavy atom. The molecule has 0 bridgehead atoms. The molecule has 3 fully saturated rings. The Kier molecular flexibility index (Phi) is 3.12. The molecule has 5 nitrogen and oxygen atoms in total. The van der Waals surface area contributed by atoms with E-state index in [4.69, 9.17) is 4.74 Å². The number of aryl methyl sites for hydroxylation is 1. The summed E-state index contributed by atoms with van der Waals surface area (Å²) in [4.78, 5) is 26.9. The minimum Gasteiger partial charge on any atom is -0.481 e. The number of carbonyl (C=O) groups excluding carboxylic acids is 1. The maximum Gasteiger partial charge on any atom is 0.311 e. The van der Waals surface area contributed by atoms with E-state index in [2.05, 4.69) is 24.3 Å². The molecular weight excluding hydrogens is 318 g/mol. The SMILES string of the molecule is O=C([C@@H]1C[C@]12CCc1ccccc12)N1C[C@H]2COCC[C@@]2(C(=O)O)C1. The Balaban J connectivity index is 1.38. The minimum absolute atomic E-state index is 0.0221. The number of aliphatic carboxylic acids is 1. The molecule has 5 heteroatoms. The number of carboxylic acids is 1. The highest BCUT2D eigenvalue weighted by atomic mass is 16.5. The van der Waals surface area contributed by atoms with Crippen LogP contribution in [0.2, 0.25) is 0 Å². The standard InChI is InChI=1S/C20H23NO4/c22-17(16-9-19(16)6-5-13-3-1-2-4-15(13)19)21-10-14-11-25-8-7-20(14,12-21)18(23)24/h1-4,14,16H,5-12H2,(H,23,24)/t14-,16-,19-,20+/m0/s1. The number of nitrogens with zero attached hydrogens (tertiary/aromatic N) is 1. The van der Waals surface area contributed by atoms with Gasteiger partial charge in [0.1, 0.15) is 0 Å². The van der Waals surface area contributed by atoms with Gasteiger partial charge in [-0.25, -0.2) is 0 Å². The van der Waals surface area contributed by atoms with Crippen LogP contribution >= 0.6 is 0 Å². The highest BCUT2D eigenvalue weighted by Crippen LogP contribution is 2.62. The van der Waals surface area contributed by atoms with Crippen LogP contribution in [0.3, 0.4) is 0 Å². The number of hydrogen-bond donors (Lipinski definition) is 1. The number of benzene rings is 1. The second-order valence-electron chi connectivity index (χ2n) is 8.27. The van der Waals surface area contributed by atoms with E-state index in [1.54, 1.807) is 0 Å². The predicted octanol–water partition coefficient (Wildman–Crippen LogP) is 1.84. The normalized spacial score (nSPS) is 38.5. The van der Waals surface area contributed by atoms with Crippen molar-refractivity contribution >= 4 is 11.9 Å². The number of ether oxygens (including phenoxy) is 1. The van der Waals surface area contributed by atoms with E-state index in [1.807, 2.05) is 4.90 Å². The van der Waals surface area contributed by atoms with Crippen LogP contribution in [-0.4, -0.2) is 48.2 Å². The summed E-state index contributed by atoms with van der Waals surface area (Å²) < 4.78 is 5.50. The molecule has 25 heavy (non-hydrogen) atoms. The van der Waals surface area contributed by atoms with E-state index in [0.29, 0.717) is 32.7 Å². The Morgan fingerprint density at radius 3 is 2.88 bits per heavy atom. The lowest BCUT2D eigenvalue weighted by Gasteiger charge is -2.33. The summed E-state index contributed by atoms with van der Waals surface area (Å²) in [5.41, 5.74) is 1.95. The van der Waals surface area contributed by atoms with Crippen molar-refractivity contribution in [2.45, 2.75) is 31.1 Å². The summed E-state index contributed by atoms with van der Waals surface area (Å²) in [7, 11) is 0. The molecule has 1 amide bonds. The summed E-state index contributed by atoms with van der Waals surface area (Å²) in [5.74, 6) is -0.657. The van der Waals surface area contributed by atoms with E-state index in [1.165, 1.54) is 11.1 Å². The van der Waals surface area contributed by atoms with Crippen LogP contribution in [0, 0.1) is 17.3 Å². The van der Waals surface area contributed by atoms with Gasteiger partial charge in [0.2, 0.25) is 5.91 Å². The second-order valence-corrected chi connectivity index (χ2v) is 8.27. The average Bonchev–Trinajstić information content (AvgIpc) is 3.03. The van der Waals surface area contributed by atoms with E-state index in [-0.39, 0.29) is 23.2 Å². The molecule has 2 aliphatic heterocycles. The first-order chi connectivity index (χ1) is 12.1. The monoisotopic (exact) mass is 341 g/mol. The number of fused-ring (bicyclic) bond motifs is 3. The lowest BCUT2D eigenvalue weighted by atomic mass is 9.74. The molecule has 2 heterocycles.